The molecule has 0 radical (unpaired) electrons. The van der Waals surface area contributed by atoms with Gasteiger partial charge in [0.1, 0.15) is 0 Å². The van der Waals surface area contributed by atoms with E-state index in [9.17, 15) is 5.11 Å². The second kappa shape index (κ2) is 3.57. The molecule has 4 nitrogen and oxygen atoms in total. The van der Waals surface area contributed by atoms with Crippen LogP contribution in [-0.4, -0.2) is 29.8 Å². The molecule has 0 bridgehead atoms. The van der Waals surface area contributed by atoms with Crippen LogP contribution in [0, 0.1) is 0 Å². The highest BCUT2D eigenvalue weighted by Gasteiger charge is 2.21. The van der Waals surface area contributed by atoms with Crippen molar-refractivity contribution >= 4 is 5.96 Å². The molecular weight excluding hydrogens is 142 g/mol. The van der Waals surface area contributed by atoms with Crippen LogP contribution in [0.1, 0.15) is 20.8 Å². The van der Waals surface area contributed by atoms with E-state index in [1.54, 1.807) is 20.9 Å². The van der Waals surface area contributed by atoms with Gasteiger partial charge in [0.2, 0.25) is 0 Å². The molecule has 0 aromatic carbocycles. The zero-order valence-corrected chi connectivity index (χ0v) is 7.55. The second-order valence-corrected chi connectivity index (χ2v) is 3.13. The van der Waals surface area contributed by atoms with E-state index < -0.39 is 5.60 Å². The van der Waals surface area contributed by atoms with Crippen molar-refractivity contribution in [2.75, 3.05) is 7.05 Å². The molecule has 0 heterocycles. The van der Waals surface area contributed by atoms with Gasteiger partial charge >= 0.3 is 0 Å². The Balaban J connectivity index is 3.98. The summed E-state index contributed by atoms with van der Waals surface area (Å²) in [6.45, 7) is 5.28. The zero-order valence-electron chi connectivity index (χ0n) is 7.55. The zero-order chi connectivity index (χ0) is 9.07. The maximum absolute atomic E-state index is 9.46. The number of nitrogens with one attached hydrogen (secondary N) is 1. The predicted molar refractivity (Wildman–Crippen MR) is 46.4 cm³/mol. The van der Waals surface area contributed by atoms with Gasteiger partial charge in [0.15, 0.2) is 5.96 Å². The molecule has 0 aliphatic carbocycles. The molecule has 4 N–H and O–H groups in total. The maximum Gasteiger partial charge on any atom is 0.188 e. The van der Waals surface area contributed by atoms with Crippen molar-refractivity contribution in [3.05, 3.63) is 0 Å². The third-order valence-electron chi connectivity index (χ3n) is 1.66. The minimum atomic E-state index is -0.782. The molecule has 0 saturated carbocycles. The van der Waals surface area contributed by atoms with Gasteiger partial charge in [0.05, 0.1) is 11.6 Å². The molecular formula is C7H17N3O. The summed E-state index contributed by atoms with van der Waals surface area (Å²) < 4.78 is 0. The highest BCUT2D eigenvalue weighted by molar-refractivity contribution is 5.78. The molecule has 11 heavy (non-hydrogen) atoms. The highest BCUT2D eigenvalue weighted by Crippen LogP contribution is 2.06. The fourth-order valence-corrected chi connectivity index (χ4v) is 0.463. The van der Waals surface area contributed by atoms with E-state index in [1.165, 1.54) is 0 Å². The van der Waals surface area contributed by atoms with E-state index in [0.717, 1.165) is 0 Å². The monoisotopic (exact) mass is 159 g/mol. The average molecular weight is 159 g/mol. The third kappa shape index (κ3) is 3.83. The van der Waals surface area contributed by atoms with Gasteiger partial charge < -0.3 is 16.2 Å². The first kappa shape index (κ1) is 10.2. The largest absolute Gasteiger partial charge is 0.388 e. The van der Waals surface area contributed by atoms with E-state index in [1.807, 2.05) is 6.92 Å². The lowest BCUT2D eigenvalue weighted by Gasteiger charge is -2.26. The van der Waals surface area contributed by atoms with Crippen LogP contribution < -0.4 is 11.1 Å². The van der Waals surface area contributed by atoms with Crippen LogP contribution in [0.3, 0.4) is 0 Å². The van der Waals surface area contributed by atoms with Gasteiger partial charge in [0, 0.05) is 7.05 Å². The lowest BCUT2D eigenvalue weighted by atomic mass is 10.0. The second-order valence-electron chi connectivity index (χ2n) is 3.13. The minimum absolute atomic E-state index is 0.105. The van der Waals surface area contributed by atoms with Crippen molar-refractivity contribution in [1.29, 1.82) is 0 Å². The number of aliphatic hydroxyl groups is 1. The Labute approximate surface area is 67.5 Å². The Kier molecular flexibility index (Phi) is 3.32. The molecule has 0 aliphatic heterocycles. The smallest absolute Gasteiger partial charge is 0.188 e. The van der Waals surface area contributed by atoms with E-state index in [0.29, 0.717) is 5.96 Å². The fourth-order valence-electron chi connectivity index (χ4n) is 0.463. The quantitative estimate of drug-likeness (QED) is 0.382. The average Bonchev–Trinajstić information content (AvgIpc) is 1.85. The van der Waals surface area contributed by atoms with Crippen LogP contribution in [0.25, 0.3) is 0 Å². The number of rotatable bonds is 2. The van der Waals surface area contributed by atoms with Gasteiger partial charge in [0.25, 0.3) is 0 Å². The van der Waals surface area contributed by atoms with Crippen LogP contribution in [0.2, 0.25) is 0 Å². The number of guanidine groups is 1. The highest BCUT2D eigenvalue weighted by atomic mass is 16.3. The molecule has 0 aromatic rings. The molecule has 4 heteroatoms. The molecule has 0 aliphatic rings. The van der Waals surface area contributed by atoms with Crippen LogP contribution in [-0.2, 0) is 0 Å². The molecule has 0 saturated heterocycles. The summed E-state index contributed by atoms with van der Waals surface area (Å²) in [4.78, 5) is 3.71. The first-order chi connectivity index (χ1) is 4.88. The van der Waals surface area contributed by atoms with Crippen molar-refractivity contribution in [2.45, 2.75) is 32.4 Å². The van der Waals surface area contributed by atoms with Crippen molar-refractivity contribution in [3.8, 4) is 0 Å². The number of aliphatic imine (C=N–C) groups is 1. The number of nitrogens with two attached hydrogens (primary N) is 1. The fraction of sp³-hybridized carbons (Fsp3) is 0.857. The first-order valence-electron chi connectivity index (χ1n) is 3.59. The topological polar surface area (TPSA) is 70.6 Å². The number of nitrogens with zero attached hydrogens (tertiary/aromatic N) is 1. The van der Waals surface area contributed by atoms with Crippen molar-refractivity contribution in [3.63, 3.8) is 0 Å². The van der Waals surface area contributed by atoms with E-state index in [4.69, 9.17) is 5.73 Å². The van der Waals surface area contributed by atoms with Gasteiger partial charge in [-0.1, -0.05) is 0 Å². The summed E-state index contributed by atoms with van der Waals surface area (Å²) in [5.41, 5.74) is 4.62. The summed E-state index contributed by atoms with van der Waals surface area (Å²) in [5, 5.41) is 12.3. The minimum Gasteiger partial charge on any atom is -0.388 e. The Morgan fingerprint density at radius 3 is 2.36 bits per heavy atom. The molecule has 0 rings (SSSR count). The Morgan fingerprint density at radius 2 is 2.09 bits per heavy atom. The molecule has 66 valence electrons. The van der Waals surface area contributed by atoms with Gasteiger partial charge in [-0.3, -0.25) is 4.99 Å². The number of hydrogen-bond acceptors (Lipinski definition) is 2. The van der Waals surface area contributed by atoms with Gasteiger partial charge in [-0.2, -0.15) is 0 Å². The van der Waals surface area contributed by atoms with Gasteiger partial charge in [-0.15, -0.1) is 0 Å². The normalized spacial score (nSPS) is 16.3. The summed E-state index contributed by atoms with van der Waals surface area (Å²) in [6, 6.07) is -0.105. The van der Waals surface area contributed by atoms with Crippen LogP contribution >= 0.6 is 0 Å². The molecule has 0 fully saturated rings. The van der Waals surface area contributed by atoms with Crippen LogP contribution in [0.5, 0.6) is 0 Å². The first-order valence-corrected chi connectivity index (χ1v) is 3.59. The summed E-state index contributed by atoms with van der Waals surface area (Å²) in [6.07, 6.45) is 0. The lowest BCUT2D eigenvalue weighted by molar-refractivity contribution is 0.0511. The Hall–Kier alpha value is -0.770. The van der Waals surface area contributed by atoms with Crippen molar-refractivity contribution in [2.24, 2.45) is 10.7 Å². The van der Waals surface area contributed by atoms with Crippen LogP contribution in [0.15, 0.2) is 4.99 Å². The van der Waals surface area contributed by atoms with E-state index >= 15 is 0 Å². The molecule has 1 unspecified atom stereocenters. The summed E-state index contributed by atoms with van der Waals surface area (Å²) in [5.74, 6) is 0.347. The SMILES string of the molecule is CN=C(N)NC(C)C(C)(C)O. The van der Waals surface area contributed by atoms with Crippen LogP contribution in [0.4, 0.5) is 0 Å². The Morgan fingerprint density at radius 1 is 1.64 bits per heavy atom. The third-order valence-corrected chi connectivity index (χ3v) is 1.66. The molecule has 0 amide bonds. The van der Waals surface area contributed by atoms with E-state index in [-0.39, 0.29) is 6.04 Å². The Bertz CT molecular complexity index is 148. The molecule has 0 spiro atoms. The molecule has 0 aromatic heterocycles. The van der Waals surface area contributed by atoms with Gasteiger partial charge in [-0.25, -0.2) is 0 Å². The van der Waals surface area contributed by atoms with Crippen molar-refractivity contribution < 1.29 is 5.11 Å². The van der Waals surface area contributed by atoms with E-state index in [2.05, 4.69) is 10.3 Å². The molecule has 1 atom stereocenters. The van der Waals surface area contributed by atoms with Gasteiger partial charge in [-0.05, 0) is 20.8 Å². The standard InChI is InChI=1S/C7H17N3O/c1-5(7(2,3)11)10-6(8)9-4/h5,11H,1-4H3,(H3,8,9,10). The predicted octanol–water partition coefficient (Wildman–Crippen LogP) is -0.320. The number of hydrogen-bond donors (Lipinski definition) is 3. The lowest BCUT2D eigenvalue weighted by Crippen LogP contribution is -2.49. The summed E-state index contributed by atoms with van der Waals surface area (Å²) >= 11 is 0. The summed E-state index contributed by atoms with van der Waals surface area (Å²) in [7, 11) is 1.60. The maximum atomic E-state index is 9.46. The van der Waals surface area contributed by atoms with Crippen molar-refractivity contribution in [1.82, 2.24) is 5.32 Å².